The zero-order chi connectivity index (χ0) is 19.6. The lowest BCUT2D eigenvalue weighted by Crippen LogP contribution is -2.26. The highest BCUT2D eigenvalue weighted by Gasteiger charge is 2.01. The number of ether oxygens (including phenoxy) is 2. The lowest BCUT2D eigenvalue weighted by molar-refractivity contribution is -0.116. The Balaban J connectivity index is 1.43. The Morgan fingerprint density at radius 1 is 0.929 bits per heavy atom. The first kappa shape index (κ1) is 19.5. The maximum Gasteiger partial charge on any atom is 0.244 e. The summed E-state index contributed by atoms with van der Waals surface area (Å²) in [5.41, 5.74) is 0.950. The molecular formula is C24H25NO3. The van der Waals surface area contributed by atoms with Crippen molar-refractivity contribution in [2.24, 2.45) is 0 Å². The third-order valence-corrected chi connectivity index (χ3v) is 4.19. The van der Waals surface area contributed by atoms with Crippen LogP contribution in [0.2, 0.25) is 0 Å². The van der Waals surface area contributed by atoms with Crippen LogP contribution in [0.15, 0.2) is 72.8 Å². The average Bonchev–Trinajstić information content (AvgIpc) is 2.74. The van der Waals surface area contributed by atoms with Crippen LogP contribution in [-0.4, -0.2) is 25.7 Å². The number of fused-ring (bicyclic) bond motifs is 1. The molecule has 0 atom stereocenters. The van der Waals surface area contributed by atoms with E-state index >= 15 is 0 Å². The van der Waals surface area contributed by atoms with Crippen molar-refractivity contribution < 1.29 is 14.3 Å². The molecule has 0 aliphatic heterocycles. The predicted molar refractivity (Wildman–Crippen MR) is 114 cm³/mol. The lowest BCUT2D eigenvalue weighted by atomic mass is 10.1. The standard InChI is InChI=1S/C24H25NO3/c1-2-17-27-21-13-10-19(11-14-21)12-15-24(26)25-16-18-28-23-9-5-7-20-6-3-4-8-22(20)23/h3-15H,2,16-18H2,1H3,(H,25,26)/b15-12+. The largest absolute Gasteiger partial charge is 0.494 e. The number of benzene rings is 3. The predicted octanol–water partition coefficient (Wildman–Crippen LogP) is 4.84. The number of nitrogens with one attached hydrogen (secondary N) is 1. The van der Waals surface area contributed by atoms with Gasteiger partial charge in [0.15, 0.2) is 0 Å². The molecule has 1 amide bonds. The van der Waals surface area contributed by atoms with E-state index in [4.69, 9.17) is 9.47 Å². The summed E-state index contributed by atoms with van der Waals surface area (Å²) in [6.07, 6.45) is 4.29. The van der Waals surface area contributed by atoms with Crippen LogP contribution >= 0.6 is 0 Å². The molecule has 0 saturated heterocycles. The van der Waals surface area contributed by atoms with Gasteiger partial charge >= 0.3 is 0 Å². The van der Waals surface area contributed by atoms with E-state index in [-0.39, 0.29) is 5.91 Å². The second-order valence-corrected chi connectivity index (χ2v) is 6.37. The molecule has 1 N–H and O–H groups in total. The molecule has 3 rings (SSSR count). The van der Waals surface area contributed by atoms with Crippen LogP contribution in [-0.2, 0) is 4.79 Å². The molecule has 0 unspecified atom stereocenters. The number of carbonyl (C=O) groups is 1. The SMILES string of the molecule is CCCOc1ccc(/C=C/C(=O)NCCOc2cccc3ccccc23)cc1. The van der Waals surface area contributed by atoms with Gasteiger partial charge in [0.2, 0.25) is 5.91 Å². The van der Waals surface area contributed by atoms with Gasteiger partial charge in [-0.25, -0.2) is 0 Å². The molecule has 0 saturated carbocycles. The van der Waals surface area contributed by atoms with Crippen molar-refractivity contribution in [3.8, 4) is 11.5 Å². The molecular weight excluding hydrogens is 350 g/mol. The first-order chi connectivity index (χ1) is 13.8. The number of amides is 1. The van der Waals surface area contributed by atoms with Gasteiger partial charge in [0.05, 0.1) is 13.2 Å². The van der Waals surface area contributed by atoms with E-state index in [1.807, 2.05) is 54.6 Å². The molecule has 3 aromatic carbocycles. The van der Waals surface area contributed by atoms with E-state index in [1.165, 1.54) is 6.08 Å². The number of hydrogen-bond acceptors (Lipinski definition) is 3. The van der Waals surface area contributed by atoms with Crippen LogP contribution in [0.4, 0.5) is 0 Å². The van der Waals surface area contributed by atoms with Crippen molar-refractivity contribution in [1.29, 1.82) is 0 Å². The molecule has 0 aliphatic carbocycles. The van der Waals surface area contributed by atoms with Gasteiger partial charge in [-0.3, -0.25) is 4.79 Å². The summed E-state index contributed by atoms with van der Waals surface area (Å²) in [4.78, 5) is 12.0. The highest BCUT2D eigenvalue weighted by Crippen LogP contribution is 2.24. The van der Waals surface area contributed by atoms with Crippen molar-refractivity contribution >= 4 is 22.8 Å². The molecule has 4 heteroatoms. The fraction of sp³-hybridized carbons (Fsp3) is 0.208. The number of hydrogen-bond donors (Lipinski definition) is 1. The summed E-state index contributed by atoms with van der Waals surface area (Å²) in [7, 11) is 0. The molecule has 0 radical (unpaired) electrons. The first-order valence-corrected chi connectivity index (χ1v) is 9.55. The molecule has 144 valence electrons. The first-order valence-electron chi connectivity index (χ1n) is 9.55. The molecule has 0 aromatic heterocycles. The fourth-order valence-corrected chi connectivity index (χ4v) is 2.78. The highest BCUT2D eigenvalue weighted by molar-refractivity contribution is 5.91. The number of rotatable bonds is 9. The molecule has 4 nitrogen and oxygen atoms in total. The van der Waals surface area contributed by atoms with E-state index in [0.717, 1.165) is 34.3 Å². The minimum Gasteiger partial charge on any atom is -0.494 e. The molecule has 0 spiro atoms. The van der Waals surface area contributed by atoms with Crippen molar-refractivity contribution in [2.75, 3.05) is 19.8 Å². The Morgan fingerprint density at radius 2 is 1.71 bits per heavy atom. The molecule has 0 bridgehead atoms. The van der Waals surface area contributed by atoms with Crippen LogP contribution in [0.25, 0.3) is 16.8 Å². The van der Waals surface area contributed by atoms with Crippen molar-refractivity contribution in [2.45, 2.75) is 13.3 Å². The second-order valence-electron chi connectivity index (χ2n) is 6.37. The van der Waals surface area contributed by atoms with Crippen LogP contribution < -0.4 is 14.8 Å². The fourth-order valence-electron chi connectivity index (χ4n) is 2.78. The molecule has 28 heavy (non-hydrogen) atoms. The van der Waals surface area contributed by atoms with Gasteiger partial charge in [-0.2, -0.15) is 0 Å². The van der Waals surface area contributed by atoms with Gasteiger partial charge in [0.1, 0.15) is 18.1 Å². The Hall–Kier alpha value is -3.27. The summed E-state index contributed by atoms with van der Waals surface area (Å²) in [6, 6.07) is 21.7. The van der Waals surface area contributed by atoms with E-state index in [0.29, 0.717) is 19.8 Å². The minimum atomic E-state index is -0.146. The quantitative estimate of drug-likeness (QED) is 0.430. The molecule has 3 aromatic rings. The van der Waals surface area contributed by atoms with Crippen molar-refractivity contribution in [1.82, 2.24) is 5.32 Å². The highest BCUT2D eigenvalue weighted by atomic mass is 16.5. The summed E-state index contributed by atoms with van der Waals surface area (Å²) >= 11 is 0. The Morgan fingerprint density at radius 3 is 2.54 bits per heavy atom. The normalized spacial score (nSPS) is 10.9. The summed E-state index contributed by atoms with van der Waals surface area (Å²) < 4.78 is 11.4. The monoisotopic (exact) mass is 375 g/mol. The van der Waals surface area contributed by atoms with E-state index in [9.17, 15) is 4.79 Å². The van der Waals surface area contributed by atoms with Crippen LogP contribution in [0, 0.1) is 0 Å². The van der Waals surface area contributed by atoms with Gasteiger partial charge < -0.3 is 14.8 Å². The summed E-state index contributed by atoms with van der Waals surface area (Å²) in [5.74, 6) is 1.52. The smallest absolute Gasteiger partial charge is 0.244 e. The van der Waals surface area contributed by atoms with Crippen LogP contribution in [0.5, 0.6) is 11.5 Å². The maximum absolute atomic E-state index is 12.0. The summed E-state index contributed by atoms with van der Waals surface area (Å²) in [6.45, 7) is 3.63. The van der Waals surface area contributed by atoms with Crippen molar-refractivity contribution in [3.05, 3.63) is 78.4 Å². The third-order valence-electron chi connectivity index (χ3n) is 4.19. The van der Waals surface area contributed by atoms with Gasteiger partial charge in [-0.05, 0) is 41.6 Å². The van der Waals surface area contributed by atoms with Crippen LogP contribution in [0.3, 0.4) is 0 Å². The minimum absolute atomic E-state index is 0.146. The Kier molecular flexibility index (Phi) is 7.08. The molecule has 0 fully saturated rings. The lowest BCUT2D eigenvalue weighted by Gasteiger charge is -2.09. The Bertz CT molecular complexity index is 927. The van der Waals surface area contributed by atoms with E-state index in [2.05, 4.69) is 24.4 Å². The van der Waals surface area contributed by atoms with Crippen molar-refractivity contribution in [3.63, 3.8) is 0 Å². The molecule has 0 aliphatic rings. The van der Waals surface area contributed by atoms with Gasteiger partial charge in [-0.15, -0.1) is 0 Å². The summed E-state index contributed by atoms with van der Waals surface area (Å²) in [5, 5.41) is 5.04. The van der Waals surface area contributed by atoms with E-state index in [1.54, 1.807) is 6.08 Å². The average molecular weight is 375 g/mol. The zero-order valence-electron chi connectivity index (χ0n) is 16.1. The van der Waals surface area contributed by atoms with Crippen LogP contribution in [0.1, 0.15) is 18.9 Å². The zero-order valence-corrected chi connectivity index (χ0v) is 16.1. The Labute approximate surface area is 165 Å². The topological polar surface area (TPSA) is 47.6 Å². The molecule has 0 heterocycles. The third kappa shape index (κ3) is 5.61. The maximum atomic E-state index is 12.0. The second kappa shape index (κ2) is 10.2. The van der Waals surface area contributed by atoms with Gasteiger partial charge in [-0.1, -0.05) is 55.5 Å². The number of carbonyl (C=O) groups excluding carboxylic acids is 1. The van der Waals surface area contributed by atoms with Gasteiger partial charge in [0.25, 0.3) is 0 Å². The van der Waals surface area contributed by atoms with Gasteiger partial charge in [0, 0.05) is 11.5 Å². The van der Waals surface area contributed by atoms with E-state index < -0.39 is 0 Å².